The standard InChI is InChI=1S/C12H18O3/c13-11(14)12(5-8-4-9(8)6-12)10-2-1-3-15-7-10/h8-10H,1-7H2,(H,13,14). The third kappa shape index (κ3) is 1.40. The number of carbonyl (C=O) groups is 1. The normalized spacial score (nSPS) is 48.7. The molecule has 1 saturated heterocycles. The molecule has 1 N–H and O–H groups in total. The number of hydrogen-bond donors (Lipinski definition) is 1. The highest BCUT2D eigenvalue weighted by Gasteiger charge is 2.60. The predicted molar refractivity (Wildman–Crippen MR) is 54.4 cm³/mol. The molecule has 3 fully saturated rings. The van der Waals surface area contributed by atoms with Gasteiger partial charge in [-0.05, 0) is 49.9 Å². The van der Waals surface area contributed by atoms with Gasteiger partial charge in [-0.3, -0.25) is 4.79 Å². The lowest BCUT2D eigenvalue weighted by Crippen LogP contribution is -2.41. The lowest BCUT2D eigenvalue weighted by Gasteiger charge is -2.37. The Labute approximate surface area is 89.8 Å². The molecule has 1 aliphatic heterocycles. The first kappa shape index (κ1) is 9.64. The quantitative estimate of drug-likeness (QED) is 0.757. The van der Waals surface area contributed by atoms with Gasteiger partial charge in [0.2, 0.25) is 0 Å². The van der Waals surface area contributed by atoms with E-state index in [4.69, 9.17) is 4.74 Å². The molecule has 3 nitrogen and oxygen atoms in total. The van der Waals surface area contributed by atoms with E-state index in [9.17, 15) is 9.90 Å². The molecule has 0 aromatic rings. The van der Waals surface area contributed by atoms with Gasteiger partial charge in [0.15, 0.2) is 0 Å². The first-order chi connectivity index (χ1) is 7.22. The molecule has 0 radical (unpaired) electrons. The number of rotatable bonds is 2. The number of carboxylic acids is 1. The summed E-state index contributed by atoms with van der Waals surface area (Å²) < 4.78 is 5.46. The second kappa shape index (κ2) is 3.21. The Bertz CT molecular complexity index is 271. The lowest BCUT2D eigenvalue weighted by molar-refractivity contribution is -0.157. The van der Waals surface area contributed by atoms with Gasteiger partial charge in [0.05, 0.1) is 12.0 Å². The third-order valence-corrected chi connectivity index (χ3v) is 4.69. The zero-order chi connectivity index (χ0) is 10.5. The van der Waals surface area contributed by atoms with Crippen LogP contribution < -0.4 is 0 Å². The average Bonchev–Trinajstić information content (AvgIpc) is 2.87. The van der Waals surface area contributed by atoms with Crippen LogP contribution in [0.2, 0.25) is 0 Å². The van der Waals surface area contributed by atoms with E-state index in [1.54, 1.807) is 0 Å². The smallest absolute Gasteiger partial charge is 0.310 e. The van der Waals surface area contributed by atoms with E-state index in [1.165, 1.54) is 6.42 Å². The Morgan fingerprint density at radius 2 is 2.07 bits per heavy atom. The number of hydrogen-bond acceptors (Lipinski definition) is 2. The van der Waals surface area contributed by atoms with Crippen molar-refractivity contribution in [2.45, 2.75) is 32.1 Å². The molecule has 3 aliphatic rings. The highest BCUT2D eigenvalue weighted by Crippen LogP contribution is 2.63. The van der Waals surface area contributed by atoms with Crippen LogP contribution in [0.25, 0.3) is 0 Å². The molecule has 0 amide bonds. The van der Waals surface area contributed by atoms with Crippen LogP contribution >= 0.6 is 0 Å². The number of carboxylic acid groups (broad SMARTS) is 1. The van der Waals surface area contributed by atoms with Crippen LogP contribution in [0.15, 0.2) is 0 Å². The summed E-state index contributed by atoms with van der Waals surface area (Å²) in [5.74, 6) is 1.16. The molecule has 3 unspecified atom stereocenters. The van der Waals surface area contributed by atoms with Gasteiger partial charge in [-0.1, -0.05) is 0 Å². The molecule has 0 aromatic heterocycles. The van der Waals surface area contributed by atoms with Crippen molar-refractivity contribution in [3.63, 3.8) is 0 Å². The molecule has 15 heavy (non-hydrogen) atoms. The predicted octanol–water partition coefficient (Wildman–Crippen LogP) is 1.91. The van der Waals surface area contributed by atoms with Gasteiger partial charge in [-0.25, -0.2) is 0 Å². The van der Waals surface area contributed by atoms with E-state index < -0.39 is 11.4 Å². The van der Waals surface area contributed by atoms with Crippen molar-refractivity contribution in [3.05, 3.63) is 0 Å². The summed E-state index contributed by atoms with van der Waals surface area (Å²) in [4.78, 5) is 11.5. The molecule has 0 bridgehead atoms. The Morgan fingerprint density at radius 3 is 2.60 bits per heavy atom. The van der Waals surface area contributed by atoms with Gasteiger partial charge >= 0.3 is 5.97 Å². The van der Waals surface area contributed by atoms with Crippen LogP contribution in [0.1, 0.15) is 32.1 Å². The van der Waals surface area contributed by atoms with Crippen LogP contribution in [-0.4, -0.2) is 24.3 Å². The summed E-state index contributed by atoms with van der Waals surface area (Å²) in [6, 6.07) is 0. The SMILES string of the molecule is O=C(O)C1(C2CCCOC2)CC2CC2C1. The lowest BCUT2D eigenvalue weighted by atomic mass is 9.70. The fourth-order valence-electron chi connectivity index (χ4n) is 3.69. The first-order valence-corrected chi connectivity index (χ1v) is 6.03. The molecule has 3 rings (SSSR count). The van der Waals surface area contributed by atoms with Crippen molar-refractivity contribution >= 4 is 5.97 Å². The fraction of sp³-hybridized carbons (Fsp3) is 0.917. The van der Waals surface area contributed by atoms with Crippen molar-refractivity contribution in [3.8, 4) is 0 Å². The van der Waals surface area contributed by atoms with Crippen LogP contribution in [0.4, 0.5) is 0 Å². The zero-order valence-corrected chi connectivity index (χ0v) is 8.95. The first-order valence-electron chi connectivity index (χ1n) is 6.03. The molecular formula is C12H18O3. The van der Waals surface area contributed by atoms with Crippen molar-refractivity contribution in [1.29, 1.82) is 0 Å². The maximum absolute atomic E-state index is 11.5. The van der Waals surface area contributed by atoms with Crippen molar-refractivity contribution in [2.24, 2.45) is 23.2 Å². The minimum atomic E-state index is -0.565. The highest BCUT2D eigenvalue weighted by atomic mass is 16.5. The summed E-state index contributed by atoms with van der Waals surface area (Å²) in [5, 5.41) is 9.50. The summed E-state index contributed by atoms with van der Waals surface area (Å²) >= 11 is 0. The van der Waals surface area contributed by atoms with E-state index in [0.717, 1.165) is 44.1 Å². The summed E-state index contributed by atoms with van der Waals surface area (Å²) in [5.41, 5.74) is -0.423. The number of fused-ring (bicyclic) bond motifs is 1. The maximum Gasteiger partial charge on any atom is 0.310 e. The van der Waals surface area contributed by atoms with E-state index in [1.807, 2.05) is 0 Å². The Balaban J connectivity index is 1.80. The van der Waals surface area contributed by atoms with Crippen molar-refractivity contribution < 1.29 is 14.6 Å². The van der Waals surface area contributed by atoms with Gasteiger partial charge in [-0.15, -0.1) is 0 Å². The molecular weight excluding hydrogens is 192 g/mol. The minimum Gasteiger partial charge on any atom is -0.481 e. The third-order valence-electron chi connectivity index (χ3n) is 4.69. The number of aliphatic carboxylic acids is 1. The van der Waals surface area contributed by atoms with Gasteiger partial charge in [-0.2, -0.15) is 0 Å². The van der Waals surface area contributed by atoms with Crippen LogP contribution in [0, 0.1) is 23.2 Å². The summed E-state index contributed by atoms with van der Waals surface area (Å²) in [6.45, 7) is 1.49. The van der Waals surface area contributed by atoms with Gasteiger partial charge < -0.3 is 9.84 Å². The fourth-order valence-corrected chi connectivity index (χ4v) is 3.69. The van der Waals surface area contributed by atoms with Gasteiger partial charge in [0.1, 0.15) is 0 Å². The Hall–Kier alpha value is -0.570. The van der Waals surface area contributed by atoms with Crippen molar-refractivity contribution in [1.82, 2.24) is 0 Å². The molecule has 1 heterocycles. The molecule has 2 saturated carbocycles. The maximum atomic E-state index is 11.5. The molecule has 84 valence electrons. The van der Waals surface area contributed by atoms with Crippen LogP contribution in [0.5, 0.6) is 0 Å². The monoisotopic (exact) mass is 210 g/mol. The average molecular weight is 210 g/mol. The van der Waals surface area contributed by atoms with E-state index in [2.05, 4.69) is 0 Å². The topological polar surface area (TPSA) is 46.5 Å². The zero-order valence-electron chi connectivity index (χ0n) is 8.95. The highest BCUT2D eigenvalue weighted by molar-refractivity contribution is 5.76. The molecule has 0 aromatic carbocycles. The second-order valence-electron chi connectivity index (χ2n) is 5.54. The minimum absolute atomic E-state index is 0.275. The van der Waals surface area contributed by atoms with Crippen LogP contribution in [-0.2, 0) is 9.53 Å². The van der Waals surface area contributed by atoms with Crippen molar-refractivity contribution in [2.75, 3.05) is 13.2 Å². The van der Waals surface area contributed by atoms with Gasteiger partial charge in [0, 0.05) is 6.61 Å². The largest absolute Gasteiger partial charge is 0.481 e. The second-order valence-corrected chi connectivity index (χ2v) is 5.54. The summed E-state index contributed by atoms with van der Waals surface area (Å²) in [6.07, 6.45) is 5.20. The van der Waals surface area contributed by atoms with E-state index >= 15 is 0 Å². The van der Waals surface area contributed by atoms with Crippen LogP contribution in [0.3, 0.4) is 0 Å². The molecule has 3 heteroatoms. The number of ether oxygens (including phenoxy) is 1. The molecule has 3 atom stereocenters. The molecule has 0 spiro atoms. The Kier molecular flexibility index (Phi) is 2.06. The summed E-state index contributed by atoms with van der Waals surface area (Å²) in [7, 11) is 0. The van der Waals surface area contributed by atoms with E-state index in [-0.39, 0.29) is 5.92 Å². The Morgan fingerprint density at radius 1 is 1.33 bits per heavy atom. The molecule has 2 aliphatic carbocycles. The van der Waals surface area contributed by atoms with Gasteiger partial charge in [0.25, 0.3) is 0 Å². The van der Waals surface area contributed by atoms with E-state index in [0.29, 0.717) is 6.61 Å².